The number of carbonyl (C=O) groups is 3. The highest BCUT2D eigenvalue weighted by molar-refractivity contribution is 6.20. The predicted molar refractivity (Wildman–Crippen MR) is 68.7 cm³/mol. The molecule has 1 N–H and O–H groups in total. The van der Waals surface area contributed by atoms with Gasteiger partial charge in [0.1, 0.15) is 0 Å². The largest absolute Gasteiger partial charge is 0.469 e. The van der Waals surface area contributed by atoms with Crippen molar-refractivity contribution in [2.45, 2.75) is 12.8 Å². The van der Waals surface area contributed by atoms with Gasteiger partial charge in [0.05, 0.1) is 19.2 Å². The van der Waals surface area contributed by atoms with Crippen molar-refractivity contribution >= 4 is 23.2 Å². The number of rotatable bonds is 4. The number of carbonyl (C=O) groups excluding carboxylic acids is 3. The van der Waals surface area contributed by atoms with Crippen LogP contribution in [0.2, 0.25) is 0 Å². The van der Waals surface area contributed by atoms with Crippen LogP contribution in [0.5, 0.6) is 0 Å². The number of benzene rings is 1. The van der Waals surface area contributed by atoms with Crippen molar-refractivity contribution in [2.75, 3.05) is 12.4 Å². The molecule has 0 saturated carbocycles. The summed E-state index contributed by atoms with van der Waals surface area (Å²) in [6, 6.07) is 7.04. The molecule has 19 heavy (non-hydrogen) atoms. The Bertz CT molecular complexity index is 575. The zero-order chi connectivity index (χ0) is 13.8. The van der Waals surface area contributed by atoms with E-state index in [1.165, 1.54) is 13.2 Å². The molecule has 0 fully saturated rings. The van der Waals surface area contributed by atoms with E-state index in [1.807, 2.05) is 0 Å². The van der Waals surface area contributed by atoms with E-state index in [9.17, 15) is 14.4 Å². The molecule has 0 spiro atoms. The van der Waals surface area contributed by atoms with E-state index < -0.39 is 5.97 Å². The number of fused-ring (bicyclic) bond motifs is 1. The van der Waals surface area contributed by atoms with Gasteiger partial charge in [-0.1, -0.05) is 12.1 Å². The molecule has 0 aromatic heterocycles. The summed E-state index contributed by atoms with van der Waals surface area (Å²) in [5.74, 6) is -0.934. The minimum Gasteiger partial charge on any atom is -0.469 e. The number of ether oxygens (including phenoxy) is 1. The zero-order valence-electron chi connectivity index (χ0n) is 10.4. The van der Waals surface area contributed by atoms with Gasteiger partial charge < -0.3 is 10.1 Å². The lowest BCUT2D eigenvalue weighted by atomic mass is 10.1. The Kier molecular flexibility index (Phi) is 3.75. The Morgan fingerprint density at radius 2 is 2.00 bits per heavy atom. The highest BCUT2D eigenvalue weighted by Gasteiger charge is 2.24. The number of allylic oxidation sites excluding steroid dienone is 2. The van der Waals surface area contributed by atoms with Crippen molar-refractivity contribution < 1.29 is 19.1 Å². The molecule has 0 saturated heterocycles. The standard InChI is InChI=1S/C14H13NO4/c1-19-13(17)7-6-9(16)8-12-14(18)10-4-2-3-5-11(10)15-12/h2-5,8,15H,6-7H2,1H3/b12-8-. The average Bonchev–Trinajstić information content (AvgIpc) is 2.73. The van der Waals surface area contributed by atoms with Gasteiger partial charge in [-0.15, -0.1) is 0 Å². The Labute approximate surface area is 110 Å². The van der Waals surface area contributed by atoms with E-state index in [2.05, 4.69) is 10.1 Å². The monoisotopic (exact) mass is 259 g/mol. The molecule has 98 valence electrons. The number of nitrogens with one attached hydrogen (secondary N) is 1. The number of para-hydroxylation sites is 1. The first-order chi connectivity index (χ1) is 9.11. The number of methoxy groups -OCH3 is 1. The summed E-state index contributed by atoms with van der Waals surface area (Å²) in [6.45, 7) is 0. The maximum Gasteiger partial charge on any atom is 0.305 e. The van der Waals surface area contributed by atoms with Crippen LogP contribution >= 0.6 is 0 Å². The molecule has 1 aromatic carbocycles. The van der Waals surface area contributed by atoms with E-state index in [1.54, 1.807) is 24.3 Å². The second kappa shape index (κ2) is 5.48. The van der Waals surface area contributed by atoms with Crippen LogP contribution in [0.4, 0.5) is 5.69 Å². The van der Waals surface area contributed by atoms with E-state index in [0.29, 0.717) is 11.3 Å². The first-order valence-corrected chi connectivity index (χ1v) is 5.84. The Hall–Kier alpha value is -2.43. The smallest absolute Gasteiger partial charge is 0.305 e. The molecule has 1 heterocycles. The van der Waals surface area contributed by atoms with Crippen molar-refractivity contribution in [3.8, 4) is 0 Å². The molecule has 2 rings (SSSR count). The normalized spacial score (nSPS) is 15.0. The molecular formula is C14H13NO4. The number of ketones is 2. The van der Waals surface area contributed by atoms with E-state index >= 15 is 0 Å². The van der Waals surface area contributed by atoms with Gasteiger partial charge in [-0.25, -0.2) is 0 Å². The van der Waals surface area contributed by atoms with Crippen molar-refractivity contribution in [3.05, 3.63) is 41.6 Å². The number of hydrogen-bond donors (Lipinski definition) is 1. The zero-order valence-corrected chi connectivity index (χ0v) is 10.4. The van der Waals surface area contributed by atoms with Crippen LogP contribution in [-0.2, 0) is 14.3 Å². The summed E-state index contributed by atoms with van der Waals surface area (Å²) >= 11 is 0. The highest BCUT2D eigenvalue weighted by atomic mass is 16.5. The van der Waals surface area contributed by atoms with Crippen molar-refractivity contribution in [3.63, 3.8) is 0 Å². The summed E-state index contributed by atoms with van der Waals surface area (Å²) in [5, 5.41) is 2.89. The minimum atomic E-state index is -0.444. The van der Waals surface area contributed by atoms with Crippen LogP contribution in [-0.4, -0.2) is 24.6 Å². The third-order valence-corrected chi connectivity index (χ3v) is 2.79. The molecule has 0 bridgehead atoms. The summed E-state index contributed by atoms with van der Waals surface area (Å²) in [6.07, 6.45) is 1.28. The third-order valence-electron chi connectivity index (χ3n) is 2.79. The van der Waals surface area contributed by atoms with Crippen molar-refractivity contribution in [1.29, 1.82) is 0 Å². The summed E-state index contributed by atoms with van der Waals surface area (Å²) in [5.41, 5.74) is 1.49. The minimum absolute atomic E-state index is 0.0141. The molecule has 5 nitrogen and oxygen atoms in total. The van der Waals surface area contributed by atoms with Crippen LogP contribution in [0.25, 0.3) is 0 Å². The number of hydrogen-bond acceptors (Lipinski definition) is 5. The lowest BCUT2D eigenvalue weighted by Gasteiger charge is -1.98. The van der Waals surface area contributed by atoms with E-state index in [0.717, 1.165) is 0 Å². The fourth-order valence-corrected chi connectivity index (χ4v) is 1.80. The van der Waals surface area contributed by atoms with Crippen LogP contribution in [0.3, 0.4) is 0 Å². The first-order valence-electron chi connectivity index (χ1n) is 5.84. The second-order valence-electron chi connectivity index (χ2n) is 4.10. The molecule has 1 aliphatic rings. The number of anilines is 1. The molecule has 1 aromatic rings. The fourth-order valence-electron chi connectivity index (χ4n) is 1.80. The van der Waals surface area contributed by atoms with Crippen LogP contribution in [0, 0.1) is 0 Å². The molecule has 1 aliphatic heterocycles. The average molecular weight is 259 g/mol. The van der Waals surface area contributed by atoms with Crippen LogP contribution < -0.4 is 5.32 Å². The maximum atomic E-state index is 12.0. The van der Waals surface area contributed by atoms with Gasteiger partial charge >= 0.3 is 5.97 Å². The molecule has 0 unspecified atom stereocenters. The van der Waals surface area contributed by atoms with Gasteiger partial charge in [0.25, 0.3) is 0 Å². The van der Waals surface area contributed by atoms with Gasteiger partial charge in [-0.05, 0) is 12.1 Å². The SMILES string of the molecule is COC(=O)CCC(=O)/C=C1\Nc2ccccc2C1=O. The summed E-state index contributed by atoms with van der Waals surface area (Å²) in [7, 11) is 1.27. The van der Waals surface area contributed by atoms with Gasteiger partial charge in [0, 0.05) is 23.7 Å². The topological polar surface area (TPSA) is 72.5 Å². The molecular weight excluding hydrogens is 246 g/mol. The lowest BCUT2D eigenvalue weighted by molar-refractivity contribution is -0.141. The van der Waals surface area contributed by atoms with Crippen molar-refractivity contribution in [2.24, 2.45) is 0 Å². The maximum absolute atomic E-state index is 12.0. The third kappa shape index (κ3) is 2.88. The number of Topliss-reactive ketones (excluding diaryl/α,β-unsaturated/α-hetero) is 1. The molecule has 5 heteroatoms. The molecule has 0 atom stereocenters. The quantitative estimate of drug-likeness (QED) is 0.658. The molecule has 0 aliphatic carbocycles. The van der Waals surface area contributed by atoms with Gasteiger partial charge in [-0.2, -0.15) is 0 Å². The molecule has 0 amide bonds. The van der Waals surface area contributed by atoms with E-state index in [4.69, 9.17) is 0 Å². The highest BCUT2D eigenvalue weighted by Crippen LogP contribution is 2.27. The summed E-state index contributed by atoms with van der Waals surface area (Å²) in [4.78, 5) is 34.5. The van der Waals surface area contributed by atoms with Crippen LogP contribution in [0.1, 0.15) is 23.2 Å². The fraction of sp³-hybridized carbons (Fsp3) is 0.214. The molecule has 0 radical (unpaired) electrons. The van der Waals surface area contributed by atoms with Crippen molar-refractivity contribution in [1.82, 2.24) is 0 Å². The lowest BCUT2D eigenvalue weighted by Crippen LogP contribution is -2.07. The van der Waals surface area contributed by atoms with Crippen LogP contribution in [0.15, 0.2) is 36.0 Å². The first kappa shape index (κ1) is 13.0. The Morgan fingerprint density at radius 3 is 2.68 bits per heavy atom. The Balaban J connectivity index is 2.04. The number of esters is 1. The van der Waals surface area contributed by atoms with Gasteiger partial charge in [0.15, 0.2) is 5.78 Å². The van der Waals surface area contributed by atoms with Gasteiger partial charge in [-0.3, -0.25) is 14.4 Å². The summed E-state index contributed by atoms with van der Waals surface area (Å²) < 4.78 is 4.45. The van der Waals surface area contributed by atoms with E-state index in [-0.39, 0.29) is 30.1 Å². The van der Waals surface area contributed by atoms with Gasteiger partial charge in [0.2, 0.25) is 5.78 Å². The second-order valence-corrected chi connectivity index (χ2v) is 4.10. The predicted octanol–water partition coefficient (Wildman–Crippen LogP) is 1.70. The Morgan fingerprint density at radius 1 is 1.26 bits per heavy atom.